The molecule has 0 aromatic carbocycles. The van der Waals surface area contributed by atoms with E-state index in [0.29, 0.717) is 23.7 Å². The second-order valence-electron chi connectivity index (χ2n) is 6.21. The van der Waals surface area contributed by atoms with Gasteiger partial charge in [0.2, 0.25) is 0 Å². The first-order valence-corrected chi connectivity index (χ1v) is 8.15. The summed E-state index contributed by atoms with van der Waals surface area (Å²) in [6.07, 6.45) is 11.4. The highest BCUT2D eigenvalue weighted by atomic mass is 16.5. The normalized spacial score (nSPS) is 31.5. The van der Waals surface area contributed by atoms with E-state index in [1.54, 1.807) is 0 Å². The van der Waals surface area contributed by atoms with Crippen LogP contribution in [0, 0.1) is 5.41 Å². The Balaban J connectivity index is 1.90. The standard InChI is InChI=1S/C16H31NO/c1-4-11-17-14-12-15(16(14,5-2)6-3)18-13-9-7-8-10-13/h13-15,17H,4-12H2,1-3H3. The average Bonchev–Trinajstić information content (AvgIpc) is 2.87. The Bertz CT molecular complexity index is 243. The quantitative estimate of drug-likeness (QED) is 0.743. The van der Waals surface area contributed by atoms with Crippen molar-refractivity contribution in [2.45, 2.75) is 90.4 Å². The van der Waals surface area contributed by atoms with Crippen molar-refractivity contribution >= 4 is 0 Å². The van der Waals surface area contributed by atoms with E-state index >= 15 is 0 Å². The molecule has 0 radical (unpaired) electrons. The minimum atomic E-state index is 0.414. The zero-order valence-corrected chi connectivity index (χ0v) is 12.5. The van der Waals surface area contributed by atoms with Crippen molar-refractivity contribution in [3.8, 4) is 0 Å². The van der Waals surface area contributed by atoms with Gasteiger partial charge in [-0.05, 0) is 45.1 Å². The third-order valence-corrected chi connectivity index (χ3v) is 5.40. The van der Waals surface area contributed by atoms with Crippen LogP contribution in [0.5, 0.6) is 0 Å². The molecule has 2 heteroatoms. The van der Waals surface area contributed by atoms with Gasteiger partial charge in [-0.2, -0.15) is 0 Å². The van der Waals surface area contributed by atoms with Gasteiger partial charge in [0.1, 0.15) is 0 Å². The molecule has 0 aromatic heterocycles. The fourth-order valence-electron chi connectivity index (χ4n) is 4.00. The van der Waals surface area contributed by atoms with E-state index in [2.05, 4.69) is 26.1 Å². The van der Waals surface area contributed by atoms with Crippen LogP contribution < -0.4 is 5.32 Å². The second kappa shape index (κ2) is 6.38. The van der Waals surface area contributed by atoms with Gasteiger partial charge in [0.15, 0.2) is 0 Å². The highest BCUT2D eigenvalue weighted by molar-refractivity contribution is 5.07. The molecule has 0 amide bonds. The minimum absolute atomic E-state index is 0.414. The van der Waals surface area contributed by atoms with Gasteiger partial charge in [-0.1, -0.05) is 33.6 Å². The maximum atomic E-state index is 6.42. The number of rotatable bonds is 7. The van der Waals surface area contributed by atoms with Gasteiger partial charge in [0, 0.05) is 11.5 Å². The molecular formula is C16H31NO. The number of hydrogen-bond donors (Lipinski definition) is 1. The Morgan fingerprint density at radius 1 is 1.11 bits per heavy atom. The summed E-state index contributed by atoms with van der Waals surface area (Å²) in [4.78, 5) is 0. The van der Waals surface area contributed by atoms with Gasteiger partial charge in [0.05, 0.1) is 12.2 Å². The number of ether oxygens (including phenoxy) is 1. The van der Waals surface area contributed by atoms with Crippen LogP contribution in [-0.2, 0) is 4.74 Å². The van der Waals surface area contributed by atoms with E-state index in [4.69, 9.17) is 4.74 Å². The molecule has 0 bridgehead atoms. The summed E-state index contributed by atoms with van der Waals surface area (Å²) in [6, 6.07) is 0.693. The Morgan fingerprint density at radius 2 is 1.78 bits per heavy atom. The monoisotopic (exact) mass is 253 g/mol. The summed E-state index contributed by atoms with van der Waals surface area (Å²) in [7, 11) is 0. The summed E-state index contributed by atoms with van der Waals surface area (Å²) in [5.74, 6) is 0. The van der Waals surface area contributed by atoms with E-state index in [0.717, 1.165) is 6.54 Å². The molecule has 2 rings (SSSR count). The van der Waals surface area contributed by atoms with Crippen molar-refractivity contribution in [1.29, 1.82) is 0 Å². The molecule has 0 aliphatic heterocycles. The van der Waals surface area contributed by atoms with E-state index in [-0.39, 0.29) is 0 Å². The average molecular weight is 253 g/mol. The fourth-order valence-corrected chi connectivity index (χ4v) is 4.00. The highest BCUT2D eigenvalue weighted by Crippen LogP contribution is 2.50. The SMILES string of the molecule is CCCNC1CC(OC2CCCC2)C1(CC)CC. The Kier molecular flexibility index (Phi) is 5.08. The van der Waals surface area contributed by atoms with Gasteiger partial charge < -0.3 is 10.1 Å². The van der Waals surface area contributed by atoms with Crippen LogP contribution in [-0.4, -0.2) is 24.8 Å². The molecule has 0 heterocycles. The van der Waals surface area contributed by atoms with Crippen LogP contribution in [0.4, 0.5) is 0 Å². The third kappa shape index (κ3) is 2.60. The molecule has 1 N–H and O–H groups in total. The van der Waals surface area contributed by atoms with Crippen LogP contribution >= 0.6 is 0 Å². The molecule has 2 unspecified atom stereocenters. The molecular weight excluding hydrogens is 222 g/mol. The van der Waals surface area contributed by atoms with E-state index in [1.165, 1.54) is 51.4 Å². The van der Waals surface area contributed by atoms with Crippen molar-refractivity contribution in [3.63, 3.8) is 0 Å². The van der Waals surface area contributed by atoms with Gasteiger partial charge in [-0.25, -0.2) is 0 Å². The van der Waals surface area contributed by atoms with E-state index in [9.17, 15) is 0 Å². The molecule has 2 saturated carbocycles. The van der Waals surface area contributed by atoms with Crippen LogP contribution in [0.25, 0.3) is 0 Å². The van der Waals surface area contributed by atoms with Crippen LogP contribution in [0.2, 0.25) is 0 Å². The van der Waals surface area contributed by atoms with Gasteiger partial charge in [-0.3, -0.25) is 0 Å². The van der Waals surface area contributed by atoms with Crippen molar-refractivity contribution in [3.05, 3.63) is 0 Å². The molecule has 0 spiro atoms. The summed E-state index contributed by atoms with van der Waals surface area (Å²) < 4.78 is 6.42. The number of nitrogens with one attached hydrogen (secondary N) is 1. The Labute approximate surface area is 113 Å². The topological polar surface area (TPSA) is 21.3 Å². The lowest BCUT2D eigenvalue weighted by Crippen LogP contribution is -2.64. The highest BCUT2D eigenvalue weighted by Gasteiger charge is 2.53. The first kappa shape index (κ1) is 14.3. The van der Waals surface area contributed by atoms with E-state index < -0.39 is 0 Å². The fraction of sp³-hybridized carbons (Fsp3) is 1.00. The van der Waals surface area contributed by atoms with E-state index in [1.807, 2.05) is 0 Å². The molecule has 106 valence electrons. The molecule has 0 saturated heterocycles. The molecule has 0 aromatic rings. The molecule has 2 atom stereocenters. The molecule has 2 nitrogen and oxygen atoms in total. The van der Waals surface area contributed by atoms with Gasteiger partial charge in [-0.15, -0.1) is 0 Å². The maximum absolute atomic E-state index is 6.42. The van der Waals surface area contributed by atoms with Crippen molar-refractivity contribution < 1.29 is 4.74 Å². The summed E-state index contributed by atoms with van der Waals surface area (Å²) >= 11 is 0. The van der Waals surface area contributed by atoms with Crippen molar-refractivity contribution in [2.24, 2.45) is 5.41 Å². The van der Waals surface area contributed by atoms with Crippen molar-refractivity contribution in [2.75, 3.05) is 6.54 Å². The van der Waals surface area contributed by atoms with Gasteiger partial charge >= 0.3 is 0 Å². The first-order chi connectivity index (χ1) is 8.76. The zero-order valence-electron chi connectivity index (χ0n) is 12.5. The van der Waals surface area contributed by atoms with Crippen LogP contribution in [0.1, 0.15) is 72.1 Å². The molecule has 2 fully saturated rings. The lowest BCUT2D eigenvalue weighted by atomic mass is 9.58. The lowest BCUT2D eigenvalue weighted by Gasteiger charge is -2.56. The Morgan fingerprint density at radius 3 is 2.33 bits per heavy atom. The zero-order chi connectivity index (χ0) is 13.0. The molecule has 18 heavy (non-hydrogen) atoms. The van der Waals surface area contributed by atoms with Crippen LogP contribution in [0.15, 0.2) is 0 Å². The summed E-state index contributed by atoms with van der Waals surface area (Å²) in [5.41, 5.74) is 0.414. The number of hydrogen-bond acceptors (Lipinski definition) is 2. The predicted octanol–water partition coefficient (Wildman–Crippen LogP) is 3.89. The van der Waals surface area contributed by atoms with Crippen molar-refractivity contribution in [1.82, 2.24) is 5.32 Å². The largest absolute Gasteiger partial charge is 0.374 e. The first-order valence-electron chi connectivity index (χ1n) is 8.15. The Hall–Kier alpha value is -0.0800. The predicted molar refractivity (Wildman–Crippen MR) is 76.8 cm³/mol. The van der Waals surface area contributed by atoms with Crippen LogP contribution in [0.3, 0.4) is 0 Å². The minimum Gasteiger partial charge on any atom is -0.374 e. The third-order valence-electron chi connectivity index (χ3n) is 5.40. The smallest absolute Gasteiger partial charge is 0.0664 e. The second-order valence-corrected chi connectivity index (χ2v) is 6.21. The maximum Gasteiger partial charge on any atom is 0.0664 e. The molecule has 2 aliphatic rings. The summed E-state index contributed by atoms with van der Waals surface area (Å²) in [5, 5.41) is 3.74. The van der Waals surface area contributed by atoms with Gasteiger partial charge in [0.25, 0.3) is 0 Å². The molecule has 2 aliphatic carbocycles. The summed E-state index contributed by atoms with van der Waals surface area (Å²) in [6.45, 7) is 8.09. The lowest BCUT2D eigenvalue weighted by molar-refractivity contribution is -0.164.